The highest BCUT2D eigenvalue weighted by Crippen LogP contribution is 1.99. The predicted molar refractivity (Wildman–Crippen MR) is 66.8 cm³/mol. The van der Waals surface area contributed by atoms with E-state index in [0.29, 0.717) is 0 Å². The standard InChI is InChI=1S/C9H9NO.C4H9N/c10-9(11)7-6-8-4-2-1-3-5-8;1-2-4-5-3-1/h1-7H,(H2,10,11);5H,1-4H2. The van der Waals surface area contributed by atoms with E-state index >= 15 is 0 Å². The number of carbonyl (C=O) groups is 1. The SMILES string of the molecule is C1CCNC1.NC(=O)C=Cc1ccccc1. The molecule has 0 spiro atoms. The molecule has 1 aromatic carbocycles. The van der Waals surface area contributed by atoms with E-state index in [1.54, 1.807) is 6.08 Å². The Kier molecular flexibility index (Phi) is 5.96. The first-order valence-electron chi connectivity index (χ1n) is 5.52. The van der Waals surface area contributed by atoms with Crippen LogP contribution in [0.5, 0.6) is 0 Å². The molecule has 1 aliphatic heterocycles. The molecule has 0 radical (unpaired) electrons. The van der Waals surface area contributed by atoms with E-state index in [9.17, 15) is 4.79 Å². The summed E-state index contributed by atoms with van der Waals surface area (Å²) >= 11 is 0. The van der Waals surface area contributed by atoms with Crippen LogP contribution in [-0.2, 0) is 4.79 Å². The van der Waals surface area contributed by atoms with Crippen LogP contribution in [0.4, 0.5) is 0 Å². The summed E-state index contributed by atoms with van der Waals surface area (Å²) < 4.78 is 0. The van der Waals surface area contributed by atoms with Crippen LogP contribution in [0.2, 0.25) is 0 Å². The quantitative estimate of drug-likeness (QED) is 0.740. The van der Waals surface area contributed by atoms with E-state index in [0.717, 1.165) is 5.56 Å². The van der Waals surface area contributed by atoms with Crippen molar-refractivity contribution in [3.05, 3.63) is 42.0 Å². The minimum Gasteiger partial charge on any atom is -0.366 e. The topological polar surface area (TPSA) is 55.1 Å². The normalized spacial score (nSPS) is 14.5. The van der Waals surface area contributed by atoms with Gasteiger partial charge in [-0.2, -0.15) is 0 Å². The van der Waals surface area contributed by atoms with E-state index in [2.05, 4.69) is 5.32 Å². The number of benzene rings is 1. The van der Waals surface area contributed by atoms with Crippen molar-refractivity contribution in [1.82, 2.24) is 5.32 Å². The zero-order valence-electron chi connectivity index (χ0n) is 9.36. The minimum absolute atomic E-state index is 0.422. The van der Waals surface area contributed by atoms with Gasteiger partial charge in [-0.15, -0.1) is 0 Å². The molecule has 0 aromatic heterocycles. The first-order chi connectivity index (χ1) is 7.79. The third kappa shape index (κ3) is 5.98. The van der Waals surface area contributed by atoms with Crippen LogP contribution < -0.4 is 11.1 Å². The first kappa shape index (κ1) is 12.5. The van der Waals surface area contributed by atoms with Crippen molar-refractivity contribution < 1.29 is 4.79 Å². The van der Waals surface area contributed by atoms with Crippen LogP contribution in [0.25, 0.3) is 6.08 Å². The Morgan fingerprint density at radius 2 is 1.81 bits per heavy atom. The average molecular weight is 218 g/mol. The molecule has 1 aromatic rings. The highest BCUT2D eigenvalue weighted by atomic mass is 16.1. The van der Waals surface area contributed by atoms with Gasteiger partial charge in [0.2, 0.25) is 5.91 Å². The maximum atomic E-state index is 10.3. The fourth-order valence-corrected chi connectivity index (χ4v) is 1.37. The molecule has 0 unspecified atom stereocenters. The zero-order chi connectivity index (χ0) is 11.6. The molecule has 3 nitrogen and oxygen atoms in total. The van der Waals surface area contributed by atoms with Crippen LogP contribution in [-0.4, -0.2) is 19.0 Å². The Labute approximate surface area is 96.3 Å². The smallest absolute Gasteiger partial charge is 0.241 e. The van der Waals surface area contributed by atoms with E-state index in [4.69, 9.17) is 5.73 Å². The highest BCUT2D eigenvalue weighted by Gasteiger charge is 1.93. The molecule has 3 N–H and O–H groups in total. The van der Waals surface area contributed by atoms with Crippen LogP contribution in [0.3, 0.4) is 0 Å². The van der Waals surface area contributed by atoms with Crippen LogP contribution in [0.15, 0.2) is 36.4 Å². The van der Waals surface area contributed by atoms with E-state index in [-0.39, 0.29) is 0 Å². The lowest BCUT2D eigenvalue weighted by Gasteiger charge is -1.88. The van der Waals surface area contributed by atoms with Crippen LogP contribution in [0, 0.1) is 0 Å². The first-order valence-corrected chi connectivity index (χ1v) is 5.52. The van der Waals surface area contributed by atoms with Crippen molar-refractivity contribution in [1.29, 1.82) is 0 Å². The van der Waals surface area contributed by atoms with Gasteiger partial charge in [0.25, 0.3) is 0 Å². The summed E-state index contributed by atoms with van der Waals surface area (Å²) in [5.74, 6) is -0.422. The molecule has 16 heavy (non-hydrogen) atoms. The second-order valence-electron chi connectivity index (χ2n) is 3.60. The fourth-order valence-electron chi connectivity index (χ4n) is 1.37. The predicted octanol–water partition coefficient (Wildman–Crippen LogP) is 1.55. The number of nitrogens with two attached hydrogens (primary N) is 1. The van der Waals surface area contributed by atoms with Crippen molar-refractivity contribution in [2.45, 2.75) is 12.8 Å². The monoisotopic (exact) mass is 218 g/mol. The third-order valence-electron chi connectivity index (χ3n) is 2.20. The van der Waals surface area contributed by atoms with Gasteiger partial charge < -0.3 is 11.1 Å². The molecule has 0 bridgehead atoms. The Morgan fingerprint density at radius 1 is 1.19 bits per heavy atom. The summed E-state index contributed by atoms with van der Waals surface area (Å²) in [6.07, 6.45) is 5.80. The molecular formula is C13H18N2O. The molecule has 0 atom stereocenters. The van der Waals surface area contributed by atoms with Crippen molar-refractivity contribution in [3.8, 4) is 0 Å². The van der Waals surface area contributed by atoms with Gasteiger partial charge in [0.15, 0.2) is 0 Å². The van der Waals surface area contributed by atoms with Gasteiger partial charge in [-0.25, -0.2) is 0 Å². The zero-order valence-corrected chi connectivity index (χ0v) is 9.36. The number of hydrogen-bond donors (Lipinski definition) is 2. The maximum absolute atomic E-state index is 10.3. The molecule has 1 heterocycles. The summed E-state index contributed by atoms with van der Waals surface area (Å²) in [7, 11) is 0. The number of hydrogen-bond acceptors (Lipinski definition) is 2. The summed E-state index contributed by atoms with van der Waals surface area (Å²) in [4.78, 5) is 10.3. The van der Waals surface area contributed by atoms with Crippen molar-refractivity contribution in [2.75, 3.05) is 13.1 Å². The third-order valence-corrected chi connectivity index (χ3v) is 2.20. The molecule has 1 amide bonds. The molecule has 2 rings (SSSR count). The highest BCUT2D eigenvalue weighted by molar-refractivity contribution is 5.90. The van der Waals surface area contributed by atoms with Gasteiger partial charge in [-0.3, -0.25) is 4.79 Å². The lowest BCUT2D eigenvalue weighted by atomic mass is 10.2. The van der Waals surface area contributed by atoms with Crippen molar-refractivity contribution in [2.24, 2.45) is 5.73 Å². The Balaban J connectivity index is 0.000000212. The Morgan fingerprint density at radius 3 is 2.25 bits per heavy atom. The van der Waals surface area contributed by atoms with Gasteiger partial charge in [0.1, 0.15) is 0 Å². The molecular weight excluding hydrogens is 200 g/mol. The molecule has 1 aliphatic rings. The number of primary amides is 1. The van der Waals surface area contributed by atoms with Gasteiger partial charge in [-0.1, -0.05) is 30.3 Å². The fraction of sp³-hybridized carbons (Fsp3) is 0.308. The second-order valence-corrected chi connectivity index (χ2v) is 3.60. The maximum Gasteiger partial charge on any atom is 0.241 e. The summed E-state index contributed by atoms with van der Waals surface area (Å²) in [5, 5.41) is 3.22. The van der Waals surface area contributed by atoms with Gasteiger partial charge >= 0.3 is 0 Å². The molecule has 3 heteroatoms. The average Bonchev–Trinajstić information content (AvgIpc) is 2.86. The molecule has 86 valence electrons. The molecule has 0 aliphatic carbocycles. The van der Waals surface area contributed by atoms with Gasteiger partial charge in [0, 0.05) is 6.08 Å². The number of carbonyl (C=O) groups excluding carboxylic acids is 1. The minimum atomic E-state index is -0.422. The van der Waals surface area contributed by atoms with Gasteiger partial charge in [-0.05, 0) is 37.6 Å². The Hall–Kier alpha value is -1.61. The number of amides is 1. The van der Waals surface area contributed by atoms with Crippen molar-refractivity contribution in [3.63, 3.8) is 0 Å². The van der Waals surface area contributed by atoms with Crippen LogP contribution in [0.1, 0.15) is 18.4 Å². The van der Waals surface area contributed by atoms with E-state index < -0.39 is 5.91 Å². The largest absolute Gasteiger partial charge is 0.366 e. The molecule has 0 saturated carbocycles. The second kappa shape index (κ2) is 7.65. The lowest BCUT2D eigenvalue weighted by Crippen LogP contribution is -2.04. The Bertz CT molecular complexity index is 321. The van der Waals surface area contributed by atoms with Crippen LogP contribution >= 0.6 is 0 Å². The van der Waals surface area contributed by atoms with Gasteiger partial charge in [0.05, 0.1) is 0 Å². The lowest BCUT2D eigenvalue weighted by molar-refractivity contribution is -0.113. The summed E-state index contributed by atoms with van der Waals surface area (Å²) in [6, 6.07) is 9.53. The van der Waals surface area contributed by atoms with E-state index in [1.165, 1.54) is 32.0 Å². The van der Waals surface area contributed by atoms with E-state index in [1.807, 2.05) is 30.3 Å². The van der Waals surface area contributed by atoms with Crippen molar-refractivity contribution >= 4 is 12.0 Å². The number of nitrogens with one attached hydrogen (secondary N) is 1. The summed E-state index contributed by atoms with van der Waals surface area (Å²) in [5.41, 5.74) is 5.89. The molecule has 1 saturated heterocycles. The molecule has 1 fully saturated rings. The summed E-state index contributed by atoms with van der Waals surface area (Å²) in [6.45, 7) is 2.50. The number of rotatable bonds is 2.